The van der Waals surface area contributed by atoms with E-state index >= 15 is 0 Å². The molecule has 1 aliphatic rings. The minimum Gasteiger partial charge on any atom is -0.294 e. The van der Waals surface area contributed by atoms with Gasteiger partial charge in [-0.25, -0.2) is 0 Å². The SMILES string of the molecule is CCC(=O)c1ccc([C@@H]2C[C@H]2c2ccccc2)cc1. The summed E-state index contributed by atoms with van der Waals surface area (Å²) >= 11 is 0. The molecule has 19 heavy (non-hydrogen) atoms. The number of ketones is 1. The largest absolute Gasteiger partial charge is 0.294 e. The molecule has 96 valence electrons. The third-order valence-electron chi connectivity index (χ3n) is 4.00. The van der Waals surface area contributed by atoms with Crippen LogP contribution in [0.4, 0.5) is 0 Å². The van der Waals surface area contributed by atoms with Crippen LogP contribution in [0.1, 0.15) is 53.1 Å². The van der Waals surface area contributed by atoms with E-state index in [2.05, 4.69) is 42.5 Å². The lowest BCUT2D eigenvalue weighted by Crippen LogP contribution is -1.96. The number of Topliss-reactive ketones (excluding diaryl/α,β-unsaturated/α-hetero) is 1. The van der Waals surface area contributed by atoms with E-state index in [0.717, 1.165) is 5.56 Å². The fourth-order valence-electron chi connectivity index (χ4n) is 2.75. The van der Waals surface area contributed by atoms with Gasteiger partial charge in [-0.05, 0) is 29.4 Å². The van der Waals surface area contributed by atoms with E-state index in [9.17, 15) is 4.79 Å². The van der Waals surface area contributed by atoms with E-state index < -0.39 is 0 Å². The Labute approximate surface area is 114 Å². The zero-order valence-corrected chi connectivity index (χ0v) is 11.2. The van der Waals surface area contributed by atoms with Gasteiger partial charge in [-0.3, -0.25) is 4.79 Å². The maximum Gasteiger partial charge on any atom is 0.162 e. The van der Waals surface area contributed by atoms with Crippen LogP contribution in [-0.4, -0.2) is 5.78 Å². The van der Waals surface area contributed by atoms with Crippen molar-refractivity contribution >= 4 is 5.78 Å². The highest BCUT2D eigenvalue weighted by atomic mass is 16.1. The van der Waals surface area contributed by atoms with E-state index in [-0.39, 0.29) is 5.78 Å². The topological polar surface area (TPSA) is 17.1 Å². The number of rotatable bonds is 4. The third kappa shape index (κ3) is 2.46. The molecule has 2 atom stereocenters. The molecule has 0 spiro atoms. The van der Waals surface area contributed by atoms with Gasteiger partial charge in [0.25, 0.3) is 0 Å². The van der Waals surface area contributed by atoms with Crippen molar-refractivity contribution in [3.63, 3.8) is 0 Å². The number of benzene rings is 2. The van der Waals surface area contributed by atoms with E-state index in [1.807, 2.05) is 19.1 Å². The second kappa shape index (κ2) is 5.00. The molecule has 0 bridgehead atoms. The summed E-state index contributed by atoms with van der Waals surface area (Å²) < 4.78 is 0. The molecular formula is C18H18O. The summed E-state index contributed by atoms with van der Waals surface area (Å²) in [4.78, 5) is 11.6. The standard InChI is InChI=1S/C18H18O/c1-2-18(19)15-10-8-14(9-11-15)17-12-16(17)13-6-4-3-5-7-13/h3-11,16-17H,2,12H2,1H3/t16-,17-/m0/s1. The van der Waals surface area contributed by atoms with Crippen molar-refractivity contribution in [3.05, 3.63) is 71.3 Å². The van der Waals surface area contributed by atoms with Crippen molar-refractivity contribution in [1.29, 1.82) is 0 Å². The normalized spacial score (nSPS) is 21.1. The number of hydrogen-bond donors (Lipinski definition) is 0. The Balaban J connectivity index is 1.74. The van der Waals surface area contributed by atoms with E-state index in [0.29, 0.717) is 18.3 Å². The Hall–Kier alpha value is -1.89. The quantitative estimate of drug-likeness (QED) is 0.727. The molecule has 1 aliphatic carbocycles. The average Bonchev–Trinajstić information content (AvgIpc) is 3.28. The summed E-state index contributed by atoms with van der Waals surface area (Å²) in [7, 11) is 0. The first-order valence-corrected chi connectivity index (χ1v) is 6.97. The van der Waals surface area contributed by atoms with Crippen LogP contribution < -0.4 is 0 Å². The van der Waals surface area contributed by atoms with Crippen molar-refractivity contribution < 1.29 is 4.79 Å². The Kier molecular flexibility index (Phi) is 3.20. The van der Waals surface area contributed by atoms with Crippen LogP contribution in [0.5, 0.6) is 0 Å². The molecule has 2 aromatic rings. The second-order valence-electron chi connectivity index (χ2n) is 5.26. The molecule has 0 amide bonds. The Bertz CT molecular complexity index is 568. The first kappa shape index (κ1) is 12.2. The summed E-state index contributed by atoms with van der Waals surface area (Å²) in [6.07, 6.45) is 1.81. The van der Waals surface area contributed by atoms with Crippen molar-refractivity contribution in [2.45, 2.75) is 31.6 Å². The minimum absolute atomic E-state index is 0.224. The van der Waals surface area contributed by atoms with Crippen LogP contribution in [0.3, 0.4) is 0 Å². The van der Waals surface area contributed by atoms with Crippen molar-refractivity contribution in [3.8, 4) is 0 Å². The zero-order valence-electron chi connectivity index (χ0n) is 11.2. The van der Waals surface area contributed by atoms with Crippen LogP contribution in [0, 0.1) is 0 Å². The van der Waals surface area contributed by atoms with E-state index in [1.165, 1.54) is 17.5 Å². The number of hydrogen-bond acceptors (Lipinski definition) is 1. The fraction of sp³-hybridized carbons (Fsp3) is 0.278. The highest BCUT2D eigenvalue weighted by Crippen LogP contribution is 2.54. The molecule has 0 N–H and O–H groups in total. The summed E-state index contributed by atoms with van der Waals surface area (Å²) in [5.74, 6) is 1.52. The second-order valence-corrected chi connectivity index (χ2v) is 5.26. The van der Waals surface area contributed by atoms with Crippen LogP contribution in [0.2, 0.25) is 0 Å². The van der Waals surface area contributed by atoms with Crippen LogP contribution >= 0.6 is 0 Å². The predicted octanol–water partition coefficient (Wildman–Crippen LogP) is 4.55. The molecule has 0 aliphatic heterocycles. The van der Waals surface area contributed by atoms with Crippen LogP contribution in [-0.2, 0) is 0 Å². The van der Waals surface area contributed by atoms with Gasteiger partial charge in [0, 0.05) is 12.0 Å². The molecule has 1 nitrogen and oxygen atoms in total. The lowest BCUT2D eigenvalue weighted by atomic mass is 10.0. The maximum absolute atomic E-state index is 11.6. The smallest absolute Gasteiger partial charge is 0.162 e. The lowest BCUT2D eigenvalue weighted by molar-refractivity contribution is 0.0988. The van der Waals surface area contributed by atoms with E-state index in [4.69, 9.17) is 0 Å². The molecule has 0 radical (unpaired) electrons. The Morgan fingerprint density at radius 1 is 0.947 bits per heavy atom. The first-order valence-electron chi connectivity index (χ1n) is 6.97. The van der Waals surface area contributed by atoms with Crippen molar-refractivity contribution in [1.82, 2.24) is 0 Å². The van der Waals surface area contributed by atoms with Crippen LogP contribution in [0.15, 0.2) is 54.6 Å². The predicted molar refractivity (Wildman–Crippen MR) is 77.6 cm³/mol. The van der Waals surface area contributed by atoms with Gasteiger partial charge in [-0.2, -0.15) is 0 Å². The van der Waals surface area contributed by atoms with Crippen LogP contribution in [0.25, 0.3) is 0 Å². The van der Waals surface area contributed by atoms with Gasteiger partial charge < -0.3 is 0 Å². The molecule has 0 aromatic heterocycles. The van der Waals surface area contributed by atoms with Gasteiger partial charge in [0.15, 0.2) is 5.78 Å². The molecule has 0 saturated heterocycles. The molecule has 1 saturated carbocycles. The lowest BCUT2D eigenvalue weighted by Gasteiger charge is -2.03. The van der Waals surface area contributed by atoms with Gasteiger partial charge in [0.2, 0.25) is 0 Å². The third-order valence-corrected chi connectivity index (χ3v) is 4.00. The first-order chi connectivity index (χ1) is 9.29. The molecule has 0 heterocycles. The maximum atomic E-state index is 11.6. The van der Waals surface area contributed by atoms with Gasteiger partial charge in [-0.1, -0.05) is 61.5 Å². The highest BCUT2D eigenvalue weighted by Gasteiger charge is 2.39. The summed E-state index contributed by atoms with van der Waals surface area (Å²) in [6.45, 7) is 1.91. The minimum atomic E-state index is 0.224. The van der Waals surface area contributed by atoms with E-state index in [1.54, 1.807) is 0 Å². The fourth-order valence-corrected chi connectivity index (χ4v) is 2.75. The molecule has 2 aromatic carbocycles. The Morgan fingerprint density at radius 2 is 1.53 bits per heavy atom. The van der Waals surface area contributed by atoms with Gasteiger partial charge in [0.1, 0.15) is 0 Å². The molecular weight excluding hydrogens is 232 g/mol. The number of carbonyl (C=O) groups excluding carboxylic acids is 1. The zero-order chi connectivity index (χ0) is 13.2. The van der Waals surface area contributed by atoms with Crippen molar-refractivity contribution in [2.75, 3.05) is 0 Å². The summed E-state index contributed by atoms with van der Waals surface area (Å²) in [5.41, 5.74) is 3.63. The molecule has 1 heteroatoms. The highest BCUT2D eigenvalue weighted by molar-refractivity contribution is 5.95. The van der Waals surface area contributed by atoms with Gasteiger partial charge in [0.05, 0.1) is 0 Å². The molecule has 1 fully saturated rings. The molecule has 0 unspecified atom stereocenters. The Morgan fingerprint density at radius 3 is 2.11 bits per heavy atom. The van der Waals surface area contributed by atoms with Gasteiger partial charge >= 0.3 is 0 Å². The average molecular weight is 250 g/mol. The number of carbonyl (C=O) groups is 1. The van der Waals surface area contributed by atoms with Gasteiger partial charge in [-0.15, -0.1) is 0 Å². The monoisotopic (exact) mass is 250 g/mol. The summed E-state index contributed by atoms with van der Waals surface area (Å²) in [6, 6.07) is 18.9. The van der Waals surface area contributed by atoms with Crippen molar-refractivity contribution in [2.24, 2.45) is 0 Å². The summed E-state index contributed by atoms with van der Waals surface area (Å²) in [5, 5.41) is 0. The molecule has 3 rings (SSSR count).